The van der Waals surface area contributed by atoms with Gasteiger partial charge in [-0.15, -0.1) is 0 Å². The van der Waals surface area contributed by atoms with Crippen LogP contribution >= 0.6 is 0 Å². The molecule has 1 unspecified atom stereocenters. The molecule has 0 spiro atoms. The topological polar surface area (TPSA) is 48.0 Å². The van der Waals surface area contributed by atoms with Gasteiger partial charge in [-0.05, 0) is 33.2 Å². The predicted molar refractivity (Wildman–Crippen MR) is 68.3 cm³/mol. The Hall–Kier alpha value is -0.650. The molecule has 1 rings (SSSR count). The van der Waals surface area contributed by atoms with E-state index >= 15 is 0 Å². The van der Waals surface area contributed by atoms with Crippen molar-refractivity contribution in [1.82, 2.24) is 4.90 Å². The van der Waals surface area contributed by atoms with Gasteiger partial charge < -0.3 is 14.2 Å². The molecule has 0 bridgehead atoms. The van der Waals surface area contributed by atoms with Crippen LogP contribution in [0.25, 0.3) is 0 Å². The van der Waals surface area contributed by atoms with Crippen LogP contribution in [0.3, 0.4) is 0 Å². The lowest BCUT2D eigenvalue weighted by molar-refractivity contribution is -0.163. The Labute approximate surface area is 109 Å². The number of rotatable bonds is 7. The number of piperidine rings is 1. The standard InChI is InChI=1S/C13H25NO4/c1-4-17-12(18-5-2)10-14-9-7-6-8-11(14)13(15)16-3/h11-12H,4-10H2,1-3H3. The minimum absolute atomic E-state index is 0.146. The van der Waals surface area contributed by atoms with Crippen LogP contribution in [0.2, 0.25) is 0 Å². The van der Waals surface area contributed by atoms with Gasteiger partial charge in [-0.1, -0.05) is 6.42 Å². The molecule has 1 atom stereocenters. The summed E-state index contributed by atoms with van der Waals surface area (Å²) >= 11 is 0. The van der Waals surface area contributed by atoms with Gasteiger partial charge >= 0.3 is 5.97 Å². The third-order valence-electron chi connectivity index (χ3n) is 3.18. The molecule has 106 valence electrons. The molecule has 1 saturated heterocycles. The van der Waals surface area contributed by atoms with Gasteiger partial charge in [-0.25, -0.2) is 0 Å². The number of hydrogen-bond acceptors (Lipinski definition) is 5. The fourth-order valence-electron chi connectivity index (χ4n) is 2.33. The third-order valence-corrected chi connectivity index (χ3v) is 3.18. The summed E-state index contributed by atoms with van der Waals surface area (Å²) in [7, 11) is 1.44. The highest BCUT2D eigenvalue weighted by molar-refractivity contribution is 5.75. The third kappa shape index (κ3) is 4.55. The van der Waals surface area contributed by atoms with Crippen LogP contribution < -0.4 is 0 Å². The molecule has 5 nitrogen and oxygen atoms in total. The predicted octanol–water partition coefficient (Wildman–Crippen LogP) is 1.41. The fourth-order valence-corrected chi connectivity index (χ4v) is 2.33. The van der Waals surface area contributed by atoms with E-state index in [0.717, 1.165) is 25.8 Å². The van der Waals surface area contributed by atoms with Crippen LogP contribution in [-0.4, -0.2) is 56.6 Å². The summed E-state index contributed by atoms with van der Waals surface area (Å²) in [5.41, 5.74) is 0. The maximum absolute atomic E-state index is 11.7. The highest BCUT2D eigenvalue weighted by Gasteiger charge is 2.31. The van der Waals surface area contributed by atoms with Crippen LogP contribution in [0.1, 0.15) is 33.1 Å². The summed E-state index contributed by atoms with van der Waals surface area (Å²) in [6.45, 7) is 6.64. The van der Waals surface area contributed by atoms with Crippen molar-refractivity contribution < 1.29 is 19.0 Å². The Kier molecular flexibility index (Phi) is 7.23. The van der Waals surface area contributed by atoms with Gasteiger partial charge in [0.15, 0.2) is 6.29 Å². The van der Waals surface area contributed by atoms with Crippen molar-refractivity contribution in [2.45, 2.75) is 45.4 Å². The van der Waals surface area contributed by atoms with Gasteiger partial charge in [-0.2, -0.15) is 0 Å². The summed E-state index contributed by atoms with van der Waals surface area (Å²) < 4.78 is 15.9. The molecule has 0 radical (unpaired) electrons. The first kappa shape index (κ1) is 15.4. The molecular weight excluding hydrogens is 234 g/mol. The molecule has 0 saturated carbocycles. The molecule has 0 aliphatic carbocycles. The molecule has 0 N–H and O–H groups in total. The highest BCUT2D eigenvalue weighted by Crippen LogP contribution is 2.19. The summed E-state index contributed by atoms with van der Waals surface area (Å²) in [6, 6.07) is -0.146. The van der Waals surface area contributed by atoms with Gasteiger partial charge in [0.05, 0.1) is 13.7 Å². The Morgan fingerprint density at radius 1 is 1.28 bits per heavy atom. The number of hydrogen-bond donors (Lipinski definition) is 0. The molecular formula is C13H25NO4. The number of esters is 1. The molecule has 1 fully saturated rings. The van der Waals surface area contributed by atoms with E-state index in [1.54, 1.807) is 0 Å². The lowest BCUT2D eigenvalue weighted by atomic mass is 10.0. The van der Waals surface area contributed by atoms with E-state index < -0.39 is 0 Å². The second-order valence-electron chi connectivity index (χ2n) is 4.37. The number of carbonyl (C=O) groups is 1. The Balaban J connectivity index is 2.56. The number of likely N-dealkylation sites (tertiary alicyclic amines) is 1. The second kappa shape index (κ2) is 8.45. The maximum Gasteiger partial charge on any atom is 0.323 e. The zero-order valence-electron chi connectivity index (χ0n) is 11.7. The molecule has 0 aromatic rings. The average molecular weight is 259 g/mol. The van der Waals surface area contributed by atoms with Crippen molar-refractivity contribution in [2.75, 3.05) is 33.4 Å². The van der Waals surface area contributed by atoms with E-state index in [4.69, 9.17) is 14.2 Å². The fraction of sp³-hybridized carbons (Fsp3) is 0.923. The molecule has 5 heteroatoms. The van der Waals surface area contributed by atoms with Gasteiger partial charge in [0.25, 0.3) is 0 Å². The van der Waals surface area contributed by atoms with Gasteiger partial charge in [0.1, 0.15) is 6.04 Å². The summed E-state index contributed by atoms with van der Waals surface area (Å²) in [4.78, 5) is 13.8. The van der Waals surface area contributed by atoms with E-state index in [2.05, 4.69) is 4.90 Å². The smallest absolute Gasteiger partial charge is 0.323 e. The van der Waals surface area contributed by atoms with Crippen molar-refractivity contribution in [3.63, 3.8) is 0 Å². The van der Waals surface area contributed by atoms with Crippen molar-refractivity contribution in [3.8, 4) is 0 Å². The van der Waals surface area contributed by atoms with E-state index in [1.807, 2.05) is 13.8 Å². The van der Waals surface area contributed by atoms with Gasteiger partial charge in [0.2, 0.25) is 0 Å². The Morgan fingerprint density at radius 3 is 2.50 bits per heavy atom. The first-order valence-electron chi connectivity index (χ1n) is 6.78. The number of carbonyl (C=O) groups excluding carboxylic acids is 1. The molecule has 0 aromatic heterocycles. The number of nitrogens with zero attached hydrogens (tertiary/aromatic N) is 1. The zero-order chi connectivity index (χ0) is 13.4. The molecule has 1 aliphatic heterocycles. The van der Waals surface area contributed by atoms with Gasteiger partial charge in [0, 0.05) is 13.2 Å². The number of ether oxygens (including phenoxy) is 3. The maximum atomic E-state index is 11.7. The molecule has 1 aliphatic rings. The molecule has 0 amide bonds. The average Bonchev–Trinajstić information content (AvgIpc) is 2.39. The first-order valence-corrected chi connectivity index (χ1v) is 6.78. The largest absolute Gasteiger partial charge is 0.468 e. The monoisotopic (exact) mass is 259 g/mol. The summed E-state index contributed by atoms with van der Waals surface area (Å²) in [5, 5.41) is 0. The van der Waals surface area contributed by atoms with Crippen molar-refractivity contribution >= 4 is 5.97 Å². The molecule has 1 heterocycles. The van der Waals surface area contributed by atoms with E-state index in [9.17, 15) is 4.79 Å². The normalized spacial score (nSPS) is 21.2. The van der Waals surface area contributed by atoms with Crippen molar-refractivity contribution in [1.29, 1.82) is 0 Å². The van der Waals surface area contributed by atoms with Crippen LogP contribution in [0.5, 0.6) is 0 Å². The highest BCUT2D eigenvalue weighted by atomic mass is 16.7. The number of methoxy groups -OCH3 is 1. The quantitative estimate of drug-likeness (QED) is 0.511. The SMILES string of the molecule is CCOC(CN1CCCCC1C(=O)OC)OCC. The van der Waals surface area contributed by atoms with Crippen molar-refractivity contribution in [3.05, 3.63) is 0 Å². The van der Waals surface area contributed by atoms with Gasteiger partial charge in [-0.3, -0.25) is 9.69 Å². The minimum atomic E-state index is -0.259. The second-order valence-corrected chi connectivity index (χ2v) is 4.37. The van der Waals surface area contributed by atoms with Crippen LogP contribution in [-0.2, 0) is 19.0 Å². The van der Waals surface area contributed by atoms with E-state index in [-0.39, 0.29) is 18.3 Å². The summed E-state index contributed by atoms with van der Waals surface area (Å²) in [6.07, 6.45) is 2.78. The zero-order valence-corrected chi connectivity index (χ0v) is 11.7. The van der Waals surface area contributed by atoms with Crippen LogP contribution in [0.4, 0.5) is 0 Å². The molecule has 18 heavy (non-hydrogen) atoms. The Bertz CT molecular complexity index is 241. The minimum Gasteiger partial charge on any atom is -0.468 e. The lowest BCUT2D eigenvalue weighted by Gasteiger charge is -2.35. The van der Waals surface area contributed by atoms with Crippen LogP contribution in [0, 0.1) is 0 Å². The van der Waals surface area contributed by atoms with Crippen molar-refractivity contribution in [2.24, 2.45) is 0 Å². The first-order chi connectivity index (χ1) is 8.72. The van der Waals surface area contributed by atoms with Crippen LogP contribution in [0.15, 0.2) is 0 Å². The molecule has 0 aromatic carbocycles. The van der Waals surface area contributed by atoms with E-state index in [1.165, 1.54) is 7.11 Å². The lowest BCUT2D eigenvalue weighted by Crippen LogP contribution is -2.49. The van der Waals surface area contributed by atoms with E-state index in [0.29, 0.717) is 19.8 Å². The summed E-state index contributed by atoms with van der Waals surface area (Å²) in [5.74, 6) is -0.151. The Morgan fingerprint density at radius 2 is 1.94 bits per heavy atom.